The zero-order valence-corrected chi connectivity index (χ0v) is 7.34. The summed E-state index contributed by atoms with van der Waals surface area (Å²) in [6.45, 7) is 1.66. The fraction of sp³-hybridized carbons (Fsp3) is 0.250. The molecule has 0 fully saturated rings. The van der Waals surface area contributed by atoms with E-state index in [0.717, 1.165) is 0 Å². The molecule has 0 aromatic carbocycles. The minimum Gasteiger partial charge on any atom is -0.465 e. The molecular weight excluding hydrogens is 170 g/mol. The van der Waals surface area contributed by atoms with E-state index in [0.29, 0.717) is 5.69 Å². The van der Waals surface area contributed by atoms with E-state index in [1.54, 1.807) is 6.92 Å². The summed E-state index contributed by atoms with van der Waals surface area (Å²) in [5.74, 6) is -0.534. The molecule has 0 aliphatic rings. The second-order valence-electron chi connectivity index (χ2n) is 2.52. The average molecular weight is 179 g/mol. The van der Waals surface area contributed by atoms with Crippen molar-refractivity contribution in [2.75, 3.05) is 12.8 Å². The molecule has 0 aliphatic heterocycles. The minimum atomic E-state index is -0.534. The summed E-state index contributed by atoms with van der Waals surface area (Å²) in [7, 11) is 1.26. The Bertz CT molecular complexity index is 387. The van der Waals surface area contributed by atoms with E-state index in [4.69, 9.17) is 11.0 Å². The molecule has 0 unspecified atom stereocenters. The Balaban J connectivity index is 3.30. The largest absolute Gasteiger partial charge is 0.465 e. The molecule has 1 aromatic rings. The van der Waals surface area contributed by atoms with Crippen LogP contribution in [0.25, 0.3) is 0 Å². The van der Waals surface area contributed by atoms with Crippen molar-refractivity contribution < 1.29 is 9.53 Å². The van der Waals surface area contributed by atoms with Crippen LogP contribution >= 0.6 is 0 Å². The molecule has 0 atom stereocenters. The van der Waals surface area contributed by atoms with E-state index in [1.165, 1.54) is 7.11 Å². The van der Waals surface area contributed by atoms with Crippen molar-refractivity contribution in [1.29, 1.82) is 5.26 Å². The van der Waals surface area contributed by atoms with Gasteiger partial charge in [-0.3, -0.25) is 0 Å². The van der Waals surface area contributed by atoms with Gasteiger partial charge in [0.25, 0.3) is 0 Å². The van der Waals surface area contributed by atoms with E-state index in [2.05, 4.69) is 9.72 Å². The number of nitriles is 1. The lowest BCUT2D eigenvalue weighted by Crippen LogP contribution is -2.05. The van der Waals surface area contributed by atoms with Gasteiger partial charge in [0.2, 0.25) is 0 Å². The number of nitrogens with one attached hydrogen (secondary N) is 1. The summed E-state index contributed by atoms with van der Waals surface area (Å²) >= 11 is 0. The third-order valence-electron chi connectivity index (χ3n) is 1.73. The standard InChI is InChI=1S/C8H9N3O2/c1-4-6(8(12)13-2)7(10)5(3-9)11-4/h11H,10H2,1-2H3. The first-order chi connectivity index (χ1) is 6.11. The zero-order valence-electron chi connectivity index (χ0n) is 7.34. The van der Waals surface area contributed by atoms with Crippen molar-refractivity contribution in [2.45, 2.75) is 6.92 Å². The Morgan fingerprint density at radius 3 is 2.69 bits per heavy atom. The van der Waals surface area contributed by atoms with Crippen molar-refractivity contribution in [3.63, 3.8) is 0 Å². The van der Waals surface area contributed by atoms with Crippen LogP contribution in [0.1, 0.15) is 21.7 Å². The number of carbonyl (C=O) groups excluding carboxylic acids is 1. The molecule has 68 valence electrons. The molecule has 0 saturated carbocycles. The summed E-state index contributed by atoms with van der Waals surface area (Å²) in [6, 6.07) is 1.85. The number of aryl methyl sites for hydroxylation is 1. The van der Waals surface area contributed by atoms with Gasteiger partial charge in [0.05, 0.1) is 12.8 Å². The topological polar surface area (TPSA) is 91.9 Å². The number of esters is 1. The average Bonchev–Trinajstić information content (AvgIpc) is 2.40. The number of anilines is 1. The van der Waals surface area contributed by atoms with Crippen LogP contribution in [0, 0.1) is 18.3 Å². The molecular formula is C8H9N3O2. The van der Waals surface area contributed by atoms with E-state index >= 15 is 0 Å². The second kappa shape index (κ2) is 3.19. The molecule has 0 radical (unpaired) electrons. The van der Waals surface area contributed by atoms with Gasteiger partial charge in [-0.05, 0) is 6.92 Å². The van der Waals surface area contributed by atoms with Gasteiger partial charge < -0.3 is 15.5 Å². The summed E-state index contributed by atoms with van der Waals surface area (Å²) in [5.41, 5.74) is 6.65. The molecule has 1 rings (SSSR count). The molecule has 1 heterocycles. The third kappa shape index (κ3) is 1.34. The second-order valence-corrected chi connectivity index (χ2v) is 2.52. The molecule has 0 saturated heterocycles. The lowest BCUT2D eigenvalue weighted by atomic mass is 10.2. The number of nitrogen functional groups attached to an aromatic ring is 1. The van der Waals surface area contributed by atoms with Crippen LogP contribution in [0.4, 0.5) is 5.69 Å². The molecule has 1 aromatic heterocycles. The van der Waals surface area contributed by atoms with Crippen LogP contribution in [0.2, 0.25) is 0 Å². The number of nitrogens with two attached hydrogens (primary N) is 1. The fourth-order valence-electron chi connectivity index (χ4n) is 1.10. The number of hydrogen-bond acceptors (Lipinski definition) is 4. The highest BCUT2D eigenvalue weighted by Gasteiger charge is 2.18. The predicted octanol–water partition coefficient (Wildman–Crippen LogP) is 0.564. The van der Waals surface area contributed by atoms with Gasteiger partial charge in [-0.15, -0.1) is 0 Å². The first kappa shape index (κ1) is 9.13. The highest BCUT2D eigenvalue weighted by atomic mass is 16.5. The Labute approximate surface area is 75.1 Å². The van der Waals surface area contributed by atoms with E-state index < -0.39 is 5.97 Å². The maximum absolute atomic E-state index is 11.2. The molecule has 0 amide bonds. The monoisotopic (exact) mass is 179 g/mol. The Morgan fingerprint density at radius 2 is 2.31 bits per heavy atom. The molecule has 3 N–H and O–H groups in total. The van der Waals surface area contributed by atoms with Crippen LogP contribution in [0.15, 0.2) is 0 Å². The summed E-state index contributed by atoms with van der Waals surface area (Å²) < 4.78 is 4.51. The van der Waals surface area contributed by atoms with E-state index in [9.17, 15) is 4.79 Å². The Morgan fingerprint density at radius 1 is 1.69 bits per heavy atom. The quantitative estimate of drug-likeness (QED) is 0.616. The maximum atomic E-state index is 11.2. The number of carbonyl (C=O) groups is 1. The van der Waals surface area contributed by atoms with Crippen molar-refractivity contribution >= 4 is 11.7 Å². The van der Waals surface area contributed by atoms with Gasteiger partial charge in [0, 0.05) is 5.69 Å². The molecule has 5 heteroatoms. The SMILES string of the molecule is COC(=O)c1c(C)[nH]c(C#N)c1N. The molecule has 13 heavy (non-hydrogen) atoms. The predicted molar refractivity (Wildman–Crippen MR) is 46.0 cm³/mol. The van der Waals surface area contributed by atoms with Crippen LogP contribution in [0.3, 0.4) is 0 Å². The third-order valence-corrected chi connectivity index (χ3v) is 1.73. The first-order valence-electron chi connectivity index (χ1n) is 3.58. The summed E-state index contributed by atoms with van der Waals surface area (Å²) in [4.78, 5) is 13.8. The summed E-state index contributed by atoms with van der Waals surface area (Å²) in [5, 5.41) is 8.60. The fourth-order valence-corrected chi connectivity index (χ4v) is 1.10. The van der Waals surface area contributed by atoms with Crippen LogP contribution < -0.4 is 5.73 Å². The first-order valence-corrected chi connectivity index (χ1v) is 3.58. The highest BCUT2D eigenvalue weighted by molar-refractivity contribution is 5.97. The number of aromatic amines is 1. The van der Waals surface area contributed by atoms with Crippen molar-refractivity contribution in [3.05, 3.63) is 17.0 Å². The molecule has 0 spiro atoms. The smallest absolute Gasteiger partial charge is 0.341 e. The van der Waals surface area contributed by atoms with Crippen molar-refractivity contribution in [3.8, 4) is 6.07 Å². The zero-order chi connectivity index (χ0) is 10.0. The van der Waals surface area contributed by atoms with Gasteiger partial charge in [-0.25, -0.2) is 4.79 Å². The Kier molecular flexibility index (Phi) is 2.24. The summed E-state index contributed by atoms with van der Waals surface area (Å²) in [6.07, 6.45) is 0. The Hall–Kier alpha value is -1.96. The van der Waals surface area contributed by atoms with Crippen LogP contribution in [-0.4, -0.2) is 18.1 Å². The van der Waals surface area contributed by atoms with Crippen LogP contribution in [-0.2, 0) is 4.74 Å². The van der Waals surface area contributed by atoms with Gasteiger partial charge in [0.1, 0.15) is 17.3 Å². The normalized spacial score (nSPS) is 9.31. The lowest BCUT2D eigenvalue weighted by molar-refractivity contribution is 0.0601. The number of rotatable bonds is 1. The van der Waals surface area contributed by atoms with Gasteiger partial charge in [-0.2, -0.15) is 5.26 Å². The molecule has 0 aliphatic carbocycles. The van der Waals surface area contributed by atoms with Crippen LogP contribution in [0.5, 0.6) is 0 Å². The lowest BCUT2D eigenvalue weighted by Gasteiger charge is -1.97. The number of ether oxygens (including phenoxy) is 1. The maximum Gasteiger partial charge on any atom is 0.341 e. The highest BCUT2D eigenvalue weighted by Crippen LogP contribution is 2.20. The van der Waals surface area contributed by atoms with E-state index in [-0.39, 0.29) is 16.9 Å². The number of aromatic nitrogens is 1. The molecule has 5 nitrogen and oxygen atoms in total. The number of hydrogen-bond donors (Lipinski definition) is 2. The number of methoxy groups -OCH3 is 1. The number of nitrogens with zero attached hydrogens (tertiary/aromatic N) is 1. The van der Waals surface area contributed by atoms with Gasteiger partial charge in [-0.1, -0.05) is 0 Å². The molecule has 0 bridgehead atoms. The van der Waals surface area contributed by atoms with Crippen molar-refractivity contribution in [2.24, 2.45) is 0 Å². The van der Waals surface area contributed by atoms with E-state index in [1.807, 2.05) is 6.07 Å². The number of H-pyrrole nitrogens is 1. The minimum absolute atomic E-state index is 0.145. The van der Waals surface area contributed by atoms with Gasteiger partial charge in [0.15, 0.2) is 0 Å². The van der Waals surface area contributed by atoms with Crippen molar-refractivity contribution in [1.82, 2.24) is 4.98 Å². The van der Waals surface area contributed by atoms with Gasteiger partial charge >= 0.3 is 5.97 Å².